The molecule has 1 unspecified atom stereocenters. The fraction of sp³-hybridized carbons (Fsp3) is 0.556. The molecule has 6 heteroatoms. The number of likely N-dealkylation sites (tertiary alicyclic amines) is 1. The van der Waals surface area contributed by atoms with Crippen molar-refractivity contribution in [1.82, 2.24) is 9.80 Å². The van der Waals surface area contributed by atoms with Crippen molar-refractivity contribution in [1.29, 1.82) is 0 Å². The molecule has 2 saturated heterocycles. The molecule has 0 aliphatic carbocycles. The highest BCUT2D eigenvalue weighted by atomic mass is 16.5. The number of rotatable bonds is 5. The second-order valence-corrected chi connectivity index (χ2v) is 6.50. The van der Waals surface area contributed by atoms with Gasteiger partial charge in [-0.05, 0) is 18.6 Å². The van der Waals surface area contributed by atoms with Gasteiger partial charge in [-0.15, -0.1) is 0 Å². The standard InChI is InChI=1S/C18H25N3O3/c1-14-4-2-3-5-16(14)19-18(23)15-12-17(22)21(13-15)7-6-20-8-10-24-11-9-20/h2-5,15H,6-13H2,1H3,(H,19,23). The number of ether oxygens (including phenoxy) is 1. The van der Waals surface area contributed by atoms with Gasteiger partial charge in [0.05, 0.1) is 19.1 Å². The molecule has 0 spiro atoms. The predicted molar refractivity (Wildman–Crippen MR) is 91.8 cm³/mol. The van der Waals surface area contributed by atoms with Crippen molar-refractivity contribution in [2.45, 2.75) is 13.3 Å². The van der Waals surface area contributed by atoms with E-state index in [0.29, 0.717) is 19.5 Å². The average Bonchev–Trinajstić information content (AvgIpc) is 2.97. The van der Waals surface area contributed by atoms with Gasteiger partial charge in [0.2, 0.25) is 11.8 Å². The van der Waals surface area contributed by atoms with E-state index in [0.717, 1.165) is 44.1 Å². The number of amides is 2. The summed E-state index contributed by atoms with van der Waals surface area (Å²) in [6, 6.07) is 7.69. The first-order valence-corrected chi connectivity index (χ1v) is 8.58. The molecule has 1 atom stereocenters. The SMILES string of the molecule is Cc1ccccc1NC(=O)C1CC(=O)N(CCN2CCOCC2)C1. The first kappa shape index (κ1) is 16.9. The minimum atomic E-state index is -0.262. The van der Waals surface area contributed by atoms with Gasteiger partial charge < -0.3 is 15.0 Å². The number of nitrogens with one attached hydrogen (secondary N) is 1. The average molecular weight is 331 g/mol. The highest BCUT2D eigenvalue weighted by molar-refractivity contribution is 5.97. The van der Waals surface area contributed by atoms with Crippen LogP contribution in [0.2, 0.25) is 0 Å². The molecule has 2 amide bonds. The van der Waals surface area contributed by atoms with Gasteiger partial charge in [-0.1, -0.05) is 18.2 Å². The van der Waals surface area contributed by atoms with Gasteiger partial charge in [-0.2, -0.15) is 0 Å². The number of carbonyl (C=O) groups excluding carboxylic acids is 2. The van der Waals surface area contributed by atoms with E-state index in [4.69, 9.17) is 4.74 Å². The van der Waals surface area contributed by atoms with E-state index >= 15 is 0 Å². The van der Waals surface area contributed by atoms with E-state index < -0.39 is 0 Å². The molecular formula is C18H25N3O3. The fourth-order valence-electron chi connectivity index (χ4n) is 3.20. The molecular weight excluding hydrogens is 306 g/mol. The molecule has 2 heterocycles. The molecule has 24 heavy (non-hydrogen) atoms. The molecule has 1 N–H and O–H groups in total. The minimum absolute atomic E-state index is 0.0634. The van der Waals surface area contributed by atoms with Crippen LogP contribution in [0.1, 0.15) is 12.0 Å². The molecule has 3 rings (SSSR count). The Kier molecular flexibility index (Phi) is 5.48. The number of benzene rings is 1. The smallest absolute Gasteiger partial charge is 0.229 e. The van der Waals surface area contributed by atoms with Crippen LogP contribution in [0.25, 0.3) is 0 Å². The number of hydrogen-bond acceptors (Lipinski definition) is 4. The first-order chi connectivity index (χ1) is 11.6. The number of morpholine rings is 1. The van der Waals surface area contributed by atoms with Crippen molar-refractivity contribution >= 4 is 17.5 Å². The zero-order valence-corrected chi connectivity index (χ0v) is 14.2. The third-order valence-electron chi connectivity index (χ3n) is 4.78. The van der Waals surface area contributed by atoms with Crippen LogP contribution in [0.5, 0.6) is 0 Å². The van der Waals surface area contributed by atoms with Gasteiger partial charge in [-0.25, -0.2) is 0 Å². The monoisotopic (exact) mass is 331 g/mol. The highest BCUT2D eigenvalue weighted by Crippen LogP contribution is 2.21. The van der Waals surface area contributed by atoms with Gasteiger partial charge in [0, 0.05) is 44.8 Å². The lowest BCUT2D eigenvalue weighted by molar-refractivity contribution is -0.128. The summed E-state index contributed by atoms with van der Waals surface area (Å²) >= 11 is 0. The van der Waals surface area contributed by atoms with Crippen LogP contribution in [0.3, 0.4) is 0 Å². The Labute approximate surface area is 142 Å². The summed E-state index contributed by atoms with van der Waals surface area (Å²) in [6.07, 6.45) is 0.306. The summed E-state index contributed by atoms with van der Waals surface area (Å²) < 4.78 is 5.33. The number of para-hydroxylation sites is 1. The molecule has 0 aromatic heterocycles. The highest BCUT2D eigenvalue weighted by Gasteiger charge is 2.34. The van der Waals surface area contributed by atoms with E-state index in [1.54, 1.807) is 0 Å². The Morgan fingerprint density at radius 2 is 2.00 bits per heavy atom. The van der Waals surface area contributed by atoms with Crippen LogP contribution in [0.4, 0.5) is 5.69 Å². The van der Waals surface area contributed by atoms with Crippen molar-refractivity contribution < 1.29 is 14.3 Å². The Morgan fingerprint density at radius 3 is 2.75 bits per heavy atom. The van der Waals surface area contributed by atoms with Crippen LogP contribution in [-0.2, 0) is 14.3 Å². The summed E-state index contributed by atoms with van der Waals surface area (Å²) in [4.78, 5) is 28.8. The number of anilines is 1. The Balaban J connectivity index is 1.50. The largest absolute Gasteiger partial charge is 0.379 e. The van der Waals surface area contributed by atoms with Crippen LogP contribution in [0.15, 0.2) is 24.3 Å². The molecule has 2 fully saturated rings. The molecule has 0 saturated carbocycles. The number of hydrogen-bond donors (Lipinski definition) is 1. The number of aryl methyl sites for hydroxylation is 1. The summed E-state index contributed by atoms with van der Waals surface area (Å²) in [6.45, 7) is 7.36. The maximum atomic E-state index is 12.4. The van der Waals surface area contributed by atoms with E-state index in [2.05, 4.69) is 10.2 Å². The Morgan fingerprint density at radius 1 is 1.25 bits per heavy atom. The van der Waals surface area contributed by atoms with Gasteiger partial charge >= 0.3 is 0 Å². The van der Waals surface area contributed by atoms with E-state index in [-0.39, 0.29) is 17.7 Å². The topological polar surface area (TPSA) is 61.9 Å². The predicted octanol–water partition coefficient (Wildman–Crippen LogP) is 1.11. The maximum absolute atomic E-state index is 12.4. The minimum Gasteiger partial charge on any atom is -0.379 e. The van der Waals surface area contributed by atoms with Gasteiger partial charge in [-0.3, -0.25) is 14.5 Å². The fourth-order valence-corrected chi connectivity index (χ4v) is 3.20. The molecule has 1 aromatic carbocycles. The van der Waals surface area contributed by atoms with E-state index in [1.807, 2.05) is 36.1 Å². The number of carbonyl (C=O) groups is 2. The third kappa shape index (κ3) is 4.13. The van der Waals surface area contributed by atoms with E-state index in [9.17, 15) is 9.59 Å². The van der Waals surface area contributed by atoms with Crippen molar-refractivity contribution in [3.05, 3.63) is 29.8 Å². The second kappa shape index (κ2) is 7.77. The third-order valence-corrected chi connectivity index (χ3v) is 4.78. The molecule has 0 bridgehead atoms. The molecule has 2 aliphatic heterocycles. The second-order valence-electron chi connectivity index (χ2n) is 6.50. The Bertz CT molecular complexity index is 599. The molecule has 2 aliphatic rings. The normalized spacial score (nSPS) is 22.0. The maximum Gasteiger partial charge on any atom is 0.229 e. The number of nitrogens with zero attached hydrogens (tertiary/aromatic N) is 2. The zero-order chi connectivity index (χ0) is 16.9. The summed E-state index contributed by atoms with van der Waals surface area (Å²) in [5.74, 6) is -0.249. The van der Waals surface area contributed by atoms with Crippen molar-refractivity contribution in [2.75, 3.05) is 51.3 Å². The van der Waals surface area contributed by atoms with Crippen molar-refractivity contribution in [2.24, 2.45) is 5.92 Å². The molecule has 0 radical (unpaired) electrons. The first-order valence-electron chi connectivity index (χ1n) is 8.58. The Hall–Kier alpha value is -1.92. The lowest BCUT2D eigenvalue weighted by atomic mass is 10.1. The molecule has 130 valence electrons. The van der Waals surface area contributed by atoms with Gasteiger partial charge in [0.1, 0.15) is 0 Å². The molecule has 6 nitrogen and oxygen atoms in total. The summed E-state index contributed by atoms with van der Waals surface area (Å²) in [5, 5.41) is 2.95. The van der Waals surface area contributed by atoms with Crippen molar-refractivity contribution in [3.8, 4) is 0 Å². The van der Waals surface area contributed by atoms with Crippen LogP contribution in [0, 0.1) is 12.8 Å². The van der Waals surface area contributed by atoms with Gasteiger partial charge in [0.25, 0.3) is 0 Å². The van der Waals surface area contributed by atoms with Crippen molar-refractivity contribution in [3.63, 3.8) is 0 Å². The molecule has 1 aromatic rings. The summed E-state index contributed by atoms with van der Waals surface area (Å²) in [5.41, 5.74) is 1.85. The lowest BCUT2D eigenvalue weighted by Crippen LogP contribution is -2.42. The zero-order valence-electron chi connectivity index (χ0n) is 14.2. The quantitative estimate of drug-likeness (QED) is 0.878. The van der Waals surface area contributed by atoms with Crippen LogP contribution < -0.4 is 5.32 Å². The lowest BCUT2D eigenvalue weighted by Gasteiger charge is -2.28. The van der Waals surface area contributed by atoms with Crippen LogP contribution >= 0.6 is 0 Å². The summed E-state index contributed by atoms with van der Waals surface area (Å²) in [7, 11) is 0. The van der Waals surface area contributed by atoms with Gasteiger partial charge in [0.15, 0.2) is 0 Å². The van der Waals surface area contributed by atoms with Crippen LogP contribution in [-0.4, -0.2) is 67.6 Å². The van der Waals surface area contributed by atoms with E-state index in [1.165, 1.54) is 0 Å².